The number of benzene rings is 3. The van der Waals surface area contributed by atoms with E-state index in [0.29, 0.717) is 23.2 Å². The van der Waals surface area contributed by atoms with Crippen molar-refractivity contribution < 1.29 is 13.2 Å². The predicted octanol–water partition coefficient (Wildman–Crippen LogP) is 4.20. The van der Waals surface area contributed by atoms with Crippen LogP contribution in [0.5, 0.6) is 5.75 Å². The topological polar surface area (TPSA) is 65.4 Å². The molecule has 152 valence electrons. The molecule has 0 saturated heterocycles. The summed E-state index contributed by atoms with van der Waals surface area (Å²) in [6, 6.07) is 21.3. The average Bonchev–Trinajstić information content (AvgIpc) is 2.76. The Morgan fingerprint density at radius 1 is 0.933 bits per heavy atom. The standard InChI is InChI=1S/C24H21NO4S/c1-17-8-11-20(12-9-17)30(27,28)23-16-25(15-18-6-4-3-5-7-18)22-13-10-19(29-2)14-21(22)24(23)26/h3-14,16H,15H2,1-2H3. The number of aromatic nitrogens is 1. The van der Waals surface area contributed by atoms with Gasteiger partial charge >= 0.3 is 0 Å². The number of fused-ring (bicyclic) bond motifs is 1. The third kappa shape index (κ3) is 3.62. The van der Waals surface area contributed by atoms with Crippen molar-refractivity contribution in [1.29, 1.82) is 0 Å². The molecule has 30 heavy (non-hydrogen) atoms. The van der Waals surface area contributed by atoms with E-state index in [4.69, 9.17) is 4.74 Å². The molecule has 0 unspecified atom stereocenters. The van der Waals surface area contributed by atoms with Gasteiger partial charge in [-0.25, -0.2) is 8.42 Å². The van der Waals surface area contributed by atoms with Crippen molar-refractivity contribution in [3.8, 4) is 5.75 Å². The van der Waals surface area contributed by atoms with Crippen LogP contribution in [0.4, 0.5) is 0 Å². The molecule has 6 heteroatoms. The molecule has 0 aliphatic carbocycles. The summed E-state index contributed by atoms with van der Waals surface area (Å²) in [7, 11) is -2.48. The second kappa shape index (κ2) is 7.80. The Morgan fingerprint density at radius 3 is 2.30 bits per heavy atom. The number of hydrogen-bond acceptors (Lipinski definition) is 4. The van der Waals surface area contributed by atoms with Crippen molar-refractivity contribution in [2.24, 2.45) is 0 Å². The van der Waals surface area contributed by atoms with Crippen molar-refractivity contribution in [3.05, 3.63) is 100 Å². The molecule has 4 rings (SSSR count). The van der Waals surface area contributed by atoms with Gasteiger partial charge in [-0.15, -0.1) is 0 Å². The van der Waals surface area contributed by atoms with Gasteiger partial charge in [0.25, 0.3) is 0 Å². The van der Waals surface area contributed by atoms with E-state index in [9.17, 15) is 13.2 Å². The van der Waals surface area contributed by atoms with E-state index in [-0.39, 0.29) is 9.79 Å². The minimum absolute atomic E-state index is 0.0960. The van der Waals surface area contributed by atoms with E-state index in [1.807, 2.05) is 37.3 Å². The summed E-state index contributed by atoms with van der Waals surface area (Å²) in [4.78, 5) is 13.1. The van der Waals surface area contributed by atoms with Gasteiger partial charge in [0.2, 0.25) is 15.3 Å². The molecule has 0 aliphatic rings. The summed E-state index contributed by atoms with van der Waals surface area (Å²) in [5, 5.41) is 0.304. The maximum absolute atomic E-state index is 13.3. The highest BCUT2D eigenvalue weighted by Crippen LogP contribution is 2.24. The minimum Gasteiger partial charge on any atom is -0.497 e. The van der Waals surface area contributed by atoms with Crippen LogP contribution in [0.15, 0.2) is 93.6 Å². The summed E-state index contributed by atoms with van der Waals surface area (Å²) in [6.07, 6.45) is 1.44. The molecular formula is C24H21NO4S. The Labute approximate surface area is 175 Å². The average molecular weight is 420 g/mol. The Bertz CT molecular complexity index is 1370. The lowest BCUT2D eigenvalue weighted by Gasteiger charge is -2.15. The van der Waals surface area contributed by atoms with Crippen LogP contribution in [0.1, 0.15) is 11.1 Å². The quantitative estimate of drug-likeness (QED) is 0.486. The lowest BCUT2D eigenvalue weighted by atomic mass is 10.1. The Morgan fingerprint density at radius 2 is 1.63 bits per heavy atom. The van der Waals surface area contributed by atoms with Gasteiger partial charge in [0.1, 0.15) is 10.6 Å². The molecule has 0 spiro atoms. The fourth-order valence-corrected chi connectivity index (χ4v) is 4.79. The first-order chi connectivity index (χ1) is 14.4. The number of ether oxygens (including phenoxy) is 1. The van der Waals surface area contributed by atoms with Gasteiger partial charge in [0.15, 0.2) is 0 Å². The van der Waals surface area contributed by atoms with Crippen LogP contribution in [0.3, 0.4) is 0 Å². The second-order valence-electron chi connectivity index (χ2n) is 7.14. The zero-order valence-corrected chi connectivity index (χ0v) is 17.5. The van der Waals surface area contributed by atoms with Crippen LogP contribution in [0, 0.1) is 6.92 Å². The van der Waals surface area contributed by atoms with E-state index >= 15 is 0 Å². The number of pyridine rings is 1. The normalized spacial score (nSPS) is 11.5. The number of nitrogens with zero attached hydrogens (tertiary/aromatic N) is 1. The zero-order valence-electron chi connectivity index (χ0n) is 16.7. The molecule has 0 amide bonds. The van der Waals surface area contributed by atoms with Gasteiger partial charge in [-0.1, -0.05) is 48.0 Å². The Kier molecular flexibility index (Phi) is 5.18. The SMILES string of the molecule is COc1ccc2c(c1)c(=O)c(S(=O)(=O)c1ccc(C)cc1)cn2Cc1ccccc1. The Balaban J connectivity index is 1.98. The van der Waals surface area contributed by atoms with Crippen LogP contribution in [-0.2, 0) is 16.4 Å². The molecule has 3 aromatic carbocycles. The van der Waals surface area contributed by atoms with Crippen LogP contribution in [0.2, 0.25) is 0 Å². The van der Waals surface area contributed by atoms with E-state index in [2.05, 4.69) is 0 Å². The first kappa shape index (κ1) is 19.9. The molecule has 1 heterocycles. The number of hydrogen-bond donors (Lipinski definition) is 0. The largest absolute Gasteiger partial charge is 0.497 e. The summed E-state index contributed by atoms with van der Waals surface area (Å²) < 4.78 is 33.7. The van der Waals surface area contributed by atoms with Crippen molar-refractivity contribution in [2.45, 2.75) is 23.3 Å². The molecule has 5 nitrogen and oxygen atoms in total. The Hall–Kier alpha value is -3.38. The van der Waals surface area contributed by atoms with Crippen LogP contribution < -0.4 is 10.2 Å². The molecule has 1 aromatic heterocycles. The number of aryl methyl sites for hydroxylation is 1. The fraction of sp³-hybridized carbons (Fsp3) is 0.125. The molecule has 0 saturated carbocycles. The number of rotatable bonds is 5. The molecule has 0 bridgehead atoms. The van der Waals surface area contributed by atoms with Gasteiger partial charge in [-0.2, -0.15) is 0 Å². The second-order valence-corrected chi connectivity index (χ2v) is 9.05. The first-order valence-electron chi connectivity index (χ1n) is 9.47. The number of sulfone groups is 1. The van der Waals surface area contributed by atoms with Gasteiger partial charge in [0, 0.05) is 12.7 Å². The fourth-order valence-electron chi connectivity index (χ4n) is 3.42. The van der Waals surface area contributed by atoms with Gasteiger partial charge in [0.05, 0.1) is 22.9 Å². The highest BCUT2D eigenvalue weighted by Gasteiger charge is 2.24. The zero-order chi connectivity index (χ0) is 21.3. The van der Waals surface area contributed by atoms with Crippen molar-refractivity contribution in [2.75, 3.05) is 7.11 Å². The monoisotopic (exact) mass is 419 g/mol. The van der Waals surface area contributed by atoms with Crippen LogP contribution in [-0.4, -0.2) is 20.1 Å². The van der Waals surface area contributed by atoms with E-state index in [1.54, 1.807) is 34.9 Å². The molecule has 0 fully saturated rings. The van der Waals surface area contributed by atoms with Crippen LogP contribution in [0.25, 0.3) is 10.9 Å². The first-order valence-corrected chi connectivity index (χ1v) is 11.0. The summed E-state index contributed by atoms with van der Waals surface area (Å²) in [5.74, 6) is 0.496. The smallest absolute Gasteiger partial charge is 0.211 e. The molecule has 0 N–H and O–H groups in total. The number of methoxy groups -OCH3 is 1. The van der Waals surface area contributed by atoms with Gasteiger partial charge < -0.3 is 9.30 Å². The van der Waals surface area contributed by atoms with Gasteiger partial charge in [-0.05, 0) is 42.8 Å². The van der Waals surface area contributed by atoms with E-state index in [1.165, 1.54) is 25.4 Å². The minimum atomic E-state index is -3.99. The summed E-state index contributed by atoms with van der Waals surface area (Å²) in [6.45, 7) is 2.31. The lowest BCUT2D eigenvalue weighted by molar-refractivity contribution is 0.415. The molecule has 0 aliphatic heterocycles. The third-order valence-electron chi connectivity index (χ3n) is 5.07. The van der Waals surface area contributed by atoms with E-state index in [0.717, 1.165) is 11.1 Å². The summed E-state index contributed by atoms with van der Waals surface area (Å²) >= 11 is 0. The van der Waals surface area contributed by atoms with Crippen LogP contribution >= 0.6 is 0 Å². The van der Waals surface area contributed by atoms with Crippen molar-refractivity contribution in [3.63, 3.8) is 0 Å². The maximum Gasteiger partial charge on any atom is 0.211 e. The van der Waals surface area contributed by atoms with Crippen molar-refractivity contribution >= 4 is 20.7 Å². The predicted molar refractivity (Wildman–Crippen MR) is 117 cm³/mol. The molecular weight excluding hydrogens is 398 g/mol. The maximum atomic E-state index is 13.3. The molecule has 0 atom stereocenters. The molecule has 4 aromatic rings. The highest BCUT2D eigenvalue weighted by molar-refractivity contribution is 7.91. The lowest BCUT2D eigenvalue weighted by Crippen LogP contribution is -2.19. The van der Waals surface area contributed by atoms with Crippen molar-refractivity contribution in [1.82, 2.24) is 4.57 Å². The molecule has 0 radical (unpaired) electrons. The van der Waals surface area contributed by atoms with Gasteiger partial charge in [-0.3, -0.25) is 4.79 Å². The summed E-state index contributed by atoms with van der Waals surface area (Å²) in [5.41, 5.74) is 2.05. The van der Waals surface area contributed by atoms with E-state index < -0.39 is 15.3 Å². The highest BCUT2D eigenvalue weighted by atomic mass is 32.2. The third-order valence-corrected chi connectivity index (χ3v) is 6.83.